The average molecular weight is 461 g/mol. The molecule has 1 aromatic heterocycles. The number of rotatable bonds is 6. The molecule has 2 rings (SSSR count). The van der Waals surface area contributed by atoms with Crippen LogP contribution in [0.3, 0.4) is 0 Å². The lowest BCUT2D eigenvalue weighted by molar-refractivity contribution is 0.181. The van der Waals surface area contributed by atoms with Crippen molar-refractivity contribution < 1.29 is 9.50 Å². The number of guanidine groups is 1. The Bertz CT molecular complexity index is 691. The van der Waals surface area contributed by atoms with Crippen LogP contribution in [0.4, 0.5) is 4.39 Å². The summed E-state index contributed by atoms with van der Waals surface area (Å²) in [5, 5.41) is 17.5. The van der Waals surface area contributed by atoms with Crippen molar-refractivity contribution in [1.29, 1.82) is 0 Å². The molecule has 0 spiro atoms. The van der Waals surface area contributed by atoms with Crippen LogP contribution in [-0.4, -0.2) is 45.9 Å². The van der Waals surface area contributed by atoms with Crippen LogP contribution in [0, 0.1) is 5.82 Å². The first-order valence-electron chi connectivity index (χ1n) is 7.90. The van der Waals surface area contributed by atoms with Crippen molar-refractivity contribution in [2.24, 2.45) is 12.0 Å². The van der Waals surface area contributed by atoms with E-state index in [1.54, 1.807) is 29.1 Å². The van der Waals surface area contributed by atoms with Crippen LogP contribution in [-0.2, 0) is 13.6 Å². The summed E-state index contributed by atoms with van der Waals surface area (Å²) in [6.45, 7) is 3.39. The molecule has 2 N–H and O–H groups in total. The quantitative estimate of drug-likeness (QED) is 0.394. The summed E-state index contributed by atoms with van der Waals surface area (Å²) in [6.07, 6.45) is 2.76. The topological polar surface area (TPSA) is 65.7 Å². The number of aliphatic hydroxyl groups is 1. The number of nitrogens with zero attached hydrogens (tertiary/aromatic N) is 4. The smallest absolute Gasteiger partial charge is 0.194 e. The van der Waals surface area contributed by atoms with Gasteiger partial charge in [-0.05, 0) is 13.0 Å². The minimum absolute atomic E-state index is 0. The fraction of sp³-hybridized carbons (Fsp3) is 0.412. The van der Waals surface area contributed by atoms with Crippen LogP contribution >= 0.6 is 24.0 Å². The Labute approximate surface area is 164 Å². The number of hydrogen-bond acceptors (Lipinski definition) is 3. The predicted octanol–water partition coefficient (Wildman–Crippen LogP) is 2.31. The summed E-state index contributed by atoms with van der Waals surface area (Å²) in [5.74, 6) is 0.227. The van der Waals surface area contributed by atoms with Crippen molar-refractivity contribution >= 4 is 29.9 Å². The molecule has 1 unspecified atom stereocenters. The Hall–Kier alpha value is -1.68. The third kappa shape index (κ3) is 6.28. The molecular weight excluding hydrogens is 436 g/mol. The van der Waals surface area contributed by atoms with Crippen molar-refractivity contribution in [3.63, 3.8) is 0 Å². The first-order valence-corrected chi connectivity index (χ1v) is 7.90. The summed E-state index contributed by atoms with van der Waals surface area (Å²) >= 11 is 0. The summed E-state index contributed by atoms with van der Waals surface area (Å²) in [5.41, 5.74) is 1.31. The van der Waals surface area contributed by atoms with Gasteiger partial charge in [-0.15, -0.1) is 24.0 Å². The molecule has 1 atom stereocenters. The van der Waals surface area contributed by atoms with E-state index in [1.807, 2.05) is 32.1 Å². The zero-order valence-electron chi connectivity index (χ0n) is 14.7. The van der Waals surface area contributed by atoms with Crippen LogP contribution in [0.15, 0.2) is 41.7 Å². The van der Waals surface area contributed by atoms with Gasteiger partial charge in [-0.3, -0.25) is 9.67 Å². The lowest BCUT2D eigenvalue weighted by Gasteiger charge is -2.22. The van der Waals surface area contributed by atoms with Gasteiger partial charge in [-0.1, -0.05) is 18.2 Å². The van der Waals surface area contributed by atoms with Crippen LogP contribution in [0.25, 0.3) is 0 Å². The predicted molar refractivity (Wildman–Crippen MR) is 107 cm³/mol. The number of aliphatic hydroxyl groups excluding tert-OH is 1. The van der Waals surface area contributed by atoms with Gasteiger partial charge < -0.3 is 15.3 Å². The van der Waals surface area contributed by atoms with Crippen LogP contribution in [0.2, 0.25) is 0 Å². The van der Waals surface area contributed by atoms with Gasteiger partial charge >= 0.3 is 0 Å². The molecule has 1 heterocycles. The fourth-order valence-corrected chi connectivity index (χ4v) is 2.39. The Morgan fingerprint density at radius 3 is 2.76 bits per heavy atom. The first-order chi connectivity index (χ1) is 11.5. The molecule has 0 aliphatic rings. The summed E-state index contributed by atoms with van der Waals surface area (Å²) < 4.78 is 15.5. The highest BCUT2D eigenvalue weighted by Crippen LogP contribution is 2.16. The zero-order valence-corrected chi connectivity index (χ0v) is 17.0. The van der Waals surface area contributed by atoms with Crippen molar-refractivity contribution in [3.05, 3.63) is 53.6 Å². The SMILES string of the molecule is CCNC(=NCC(O)c1ccccc1F)N(C)Cc1cnn(C)c1.I. The van der Waals surface area contributed by atoms with E-state index >= 15 is 0 Å². The summed E-state index contributed by atoms with van der Waals surface area (Å²) in [4.78, 5) is 6.36. The summed E-state index contributed by atoms with van der Waals surface area (Å²) in [6, 6.07) is 6.20. The largest absolute Gasteiger partial charge is 0.386 e. The van der Waals surface area contributed by atoms with Gasteiger partial charge in [-0.25, -0.2) is 4.39 Å². The molecule has 0 bridgehead atoms. The van der Waals surface area contributed by atoms with Crippen molar-refractivity contribution in [2.75, 3.05) is 20.1 Å². The van der Waals surface area contributed by atoms with Crippen molar-refractivity contribution in [1.82, 2.24) is 20.0 Å². The highest BCUT2D eigenvalue weighted by atomic mass is 127. The van der Waals surface area contributed by atoms with Gasteiger partial charge in [0.15, 0.2) is 5.96 Å². The number of aryl methyl sites for hydroxylation is 1. The molecule has 25 heavy (non-hydrogen) atoms. The standard InChI is InChI=1S/C17H24FN5O.HI/c1-4-19-17(22(2)11-13-9-21-23(3)12-13)20-10-16(24)14-7-5-6-8-15(14)18;/h5-9,12,16,24H,4,10-11H2,1-3H3,(H,19,20);1H. The number of nitrogens with one attached hydrogen (secondary N) is 1. The lowest BCUT2D eigenvalue weighted by atomic mass is 10.1. The normalized spacial score (nSPS) is 12.4. The molecule has 0 aliphatic carbocycles. The molecule has 0 amide bonds. The van der Waals surface area contributed by atoms with E-state index in [1.165, 1.54) is 6.07 Å². The Kier molecular flexibility index (Phi) is 8.84. The third-order valence-corrected chi connectivity index (χ3v) is 3.55. The molecule has 1 aromatic carbocycles. The molecule has 0 aliphatic heterocycles. The van der Waals surface area contributed by atoms with E-state index in [-0.39, 0.29) is 36.1 Å². The highest BCUT2D eigenvalue weighted by molar-refractivity contribution is 14.0. The van der Waals surface area contributed by atoms with Gasteiger partial charge in [0.05, 0.1) is 12.7 Å². The van der Waals surface area contributed by atoms with E-state index < -0.39 is 11.9 Å². The molecule has 2 aromatic rings. The van der Waals surface area contributed by atoms with Crippen LogP contribution in [0.1, 0.15) is 24.2 Å². The number of aliphatic imine (C=N–C) groups is 1. The van der Waals surface area contributed by atoms with E-state index in [0.29, 0.717) is 19.0 Å². The van der Waals surface area contributed by atoms with Gasteiger partial charge in [0.2, 0.25) is 0 Å². The van der Waals surface area contributed by atoms with E-state index in [0.717, 1.165) is 5.56 Å². The molecule has 0 saturated carbocycles. The van der Waals surface area contributed by atoms with Crippen LogP contribution in [0.5, 0.6) is 0 Å². The third-order valence-electron chi connectivity index (χ3n) is 3.55. The zero-order chi connectivity index (χ0) is 17.5. The van der Waals surface area contributed by atoms with Gasteiger partial charge in [0, 0.05) is 44.5 Å². The number of hydrogen-bond donors (Lipinski definition) is 2. The van der Waals surface area contributed by atoms with Gasteiger partial charge in [-0.2, -0.15) is 5.10 Å². The van der Waals surface area contributed by atoms with Crippen LogP contribution < -0.4 is 5.32 Å². The van der Waals surface area contributed by atoms with Gasteiger partial charge in [0.25, 0.3) is 0 Å². The molecule has 0 fully saturated rings. The second-order valence-corrected chi connectivity index (χ2v) is 5.61. The average Bonchev–Trinajstić information content (AvgIpc) is 2.96. The Morgan fingerprint density at radius 1 is 1.44 bits per heavy atom. The maximum Gasteiger partial charge on any atom is 0.194 e. The number of halogens is 2. The summed E-state index contributed by atoms with van der Waals surface area (Å²) in [7, 11) is 3.78. The molecule has 0 saturated heterocycles. The molecule has 0 radical (unpaired) electrons. The number of benzene rings is 1. The fourth-order valence-electron chi connectivity index (χ4n) is 2.39. The molecule has 6 nitrogen and oxygen atoms in total. The molecular formula is C17H25FIN5O. The monoisotopic (exact) mass is 461 g/mol. The second-order valence-electron chi connectivity index (χ2n) is 5.61. The highest BCUT2D eigenvalue weighted by Gasteiger charge is 2.13. The lowest BCUT2D eigenvalue weighted by Crippen LogP contribution is -2.38. The van der Waals surface area contributed by atoms with Crippen molar-refractivity contribution in [2.45, 2.75) is 19.6 Å². The Balaban J connectivity index is 0.00000312. The van der Waals surface area contributed by atoms with E-state index in [9.17, 15) is 9.50 Å². The maximum atomic E-state index is 13.7. The number of aromatic nitrogens is 2. The first kappa shape index (κ1) is 21.4. The minimum Gasteiger partial charge on any atom is -0.386 e. The van der Waals surface area contributed by atoms with E-state index in [4.69, 9.17) is 0 Å². The van der Waals surface area contributed by atoms with Gasteiger partial charge in [0.1, 0.15) is 11.9 Å². The second kappa shape index (κ2) is 10.3. The molecule has 8 heteroatoms. The molecule has 138 valence electrons. The maximum absolute atomic E-state index is 13.7. The van der Waals surface area contributed by atoms with Crippen molar-refractivity contribution in [3.8, 4) is 0 Å². The van der Waals surface area contributed by atoms with E-state index in [2.05, 4.69) is 15.4 Å². The Morgan fingerprint density at radius 2 is 2.16 bits per heavy atom. The minimum atomic E-state index is -0.980.